The largest absolute Gasteiger partial charge is 0.497 e. The van der Waals surface area contributed by atoms with Crippen molar-refractivity contribution in [2.75, 3.05) is 27.1 Å². The lowest BCUT2D eigenvalue weighted by molar-refractivity contribution is -0.130. The van der Waals surface area contributed by atoms with Gasteiger partial charge < -0.3 is 24.1 Å². The maximum atomic E-state index is 13.7. The molecule has 2 amide bonds. The normalized spacial score (nSPS) is 14.2. The molecule has 0 saturated carbocycles. The first-order valence-corrected chi connectivity index (χ1v) is 14.9. The molecule has 0 spiro atoms. The van der Waals surface area contributed by atoms with Gasteiger partial charge in [-0.15, -0.1) is 10.2 Å². The summed E-state index contributed by atoms with van der Waals surface area (Å²) in [6, 6.07) is 20.2. The number of rotatable bonds is 11. The summed E-state index contributed by atoms with van der Waals surface area (Å²) in [7, 11) is 6.59. The van der Waals surface area contributed by atoms with Crippen molar-refractivity contribution >= 4 is 29.3 Å². The molecule has 5 rings (SSSR count). The summed E-state index contributed by atoms with van der Waals surface area (Å²) < 4.78 is 18.3. The van der Waals surface area contributed by atoms with Crippen LogP contribution in [0.15, 0.2) is 77.0 Å². The lowest BCUT2D eigenvalue weighted by Crippen LogP contribution is -2.29. The fraction of sp³-hybridized carbons (Fsp3) is 0.281. The number of carbonyl (C=O) groups is 2. The summed E-state index contributed by atoms with van der Waals surface area (Å²) in [5.74, 6) is 2.11. The standard InChI is InChI=1S/C32H34N6O5S/c1-20-8-6-9-22(16-20)31(40)33-18-28-34-35-32(37(28)2)44-19-29(39)38-26(24-10-7-11-27(42-4)30(24)43-5)17-25(36-38)21-12-14-23(41-3)15-13-21/h6-16,26H,17-19H2,1-5H3,(H,33,40). The molecule has 1 unspecified atom stereocenters. The molecule has 4 aromatic rings. The van der Waals surface area contributed by atoms with Crippen LogP contribution in [0.25, 0.3) is 0 Å². The SMILES string of the molecule is COc1ccc(C2=NN(C(=O)CSc3nnc(CNC(=O)c4cccc(C)c4)n3C)C(c3cccc(OC)c3OC)C2)cc1. The molecule has 12 heteroatoms. The zero-order valence-corrected chi connectivity index (χ0v) is 26.1. The Hall–Kier alpha value is -4.84. The van der Waals surface area contributed by atoms with Gasteiger partial charge in [0, 0.05) is 24.6 Å². The number of aryl methyl sites for hydroxylation is 1. The van der Waals surface area contributed by atoms with Crippen molar-refractivity contribution in [3.05, 3.63) is 94.8 Å². The molecule has 0 radical (unpaired) electrons. The summed E-state index contributed by atoms with van der Waals surface area (Å²) in [6.07, 6.45) is 0.487. The Morgan fingerprint density at radius 1 is 0.977 bits per heavy atom. The zero-order valence-electron chi connectivity index (χ0n) is 25.2. The lowest BCUT2D eigenvalue weighted by Gasteiger charge is -2.24. The second kappa shape index (κ2) is 13.6. The van der Waals surface area contributed by atoms with Gasteiger partial charge in [0.25, 0.3) is 11.8 Å². The zero-order chi connectivity index (χ0) is 31.2. The lowest BCUT2D eigenvalue weighted by atomic mass is 9.97. The van der Waals surface area contributed by atoms with E-state index in [2.05, 4.69) is 15.5 Å². The van der Waals surface area contributed by atoms with Crippen LogP contribution in [-0.2, 0) is 18.4 Å². The van der Waals surface area contributed by atoms with Gasteiger partial charge in [0.1, 0.15) is 5.75 Å². The Bertz CT molecular complexity index is 1690. The van der Waals surface area contributed by atoms with E-state index < -0.39 is 6.04 Å². The van der Waals surface area contributed by atoms with Crippen LogP contribution in [0, 0.1) is 6.92 Å². The summed E-state index contributed by atoms with van der Waals surface area (Å²) in [5, 5.41) is 18.2. The number of methoxy groups -OCH3 is 3. The highest BCUT2D eigenvalue weighted by Crippen LogP contribution is 2.42. The smallest absolute Gasteiger partial charge is 0.253 e. The number of hydrogen-bond acceptors (Lipinski definition) is 9. The van der Waals surface area contributed by atoms with Crippen molar-refractivity contribution < 1.29 is 23.8 Å². The molecular weight excluding hydrogens is 580 g/mol. The highest BCUT2D eigenvalue weighted by molar-refractivity contribution is 7.99. The minimum absolute atomic E-state index is 0.0732. The number of nitrogens with zero attached hydrogens (tertiary/aromatic N) is 5. The first-order valence-electron chi connectivity index (χ1n) is 13.9. The number of benzene rings is 3. The first-order chi connectivity index (χ1) is 21.3. The first kappa shape index (κ1) is 30.6. The van der Waals surface area contributed by atoms with Crippen LogP contribution >= 0.6 is 11.8 Å². The van der Waals surface area contributed by atoms with Crippen molar-refractivity contribution in [2.45, 2.75) is 31.1 Å². The summed E-state index contributed by atoms with van der Waals surface area (Å²) in [5.41, 5.74) is 4.04. The Morgan fingerprint density at radius 2 is 1.75 bits per heavy atom. The van der Waals surface area contributed by atoms with Gasteiger partial charge in [-0.3, -0.25) is 9.59 Å². The molecule has 3 aromatic carbocycles. The molecule has 1 aliphatic heterocycles. The second-order valence-electron chi connectivity index (χ2n) is 10.1. The molecule has 1 aliphatic rings. The highest BCUT2D eigenvalue weighted by atomic mass is 32.2. The molecule has 0 fully saturated rings. The average Bonchev–Trinajstić information content (AvgIpc) is 3.65. The van der Waals surface area contributed by atoms with E-state index in [4.69, 9.17) is 19.3 Å². The number of amides is 2. The maximum Gasteiger partial charge on any atom is 0.253 e. The quantitative estimate of drug-likeness (QED) is 0.245. The predicted molar refractivity (Wildman–Crippen MR) is 167 cm³/mol. The maximum absolute atomic E-state index is 13.7. The van der Waals surface area contributed by atoms with E-state index in [0.29, 0.717) is 34.5 Å². The van der Waals surface area contributed by atoms with Gasteiger partial charge in [0.15, 0.2) is 22.5 Å². The molecule has 228 valence electrons. The molecule has 0 saturated heterocycles. The van der Waals surface area contributed by atoms with E-state index in [0.717, 1.165) is 28.2 Å². The van der Waals surface area contributed by atoms with Gasteiger partial charge in [0.05, 0.1) is 45.4 Å². The third kappa shape index (κ3) is 6.55. The number of ether oxygens (including phenoxy) is 3. The average molecular weight is 615 g/mol. The van der Waals surface area contributed by atoms with Crippen molar-refractivity contribution in [2.24, 2.45) is 12.1 Å². The molecule has 11 nitrogen and oxygen atoms in total. The number of para-hydroxylation sites is 1. The number of carbonyl (C=O) groups excluding carboxylic acids is 2. The Balaban J connectivity index is 1.32. The van der Waals surface area contributed by atoms with E-state index >= 15 is 0 Å². The second-order valence-corrected chi connectivity index (χ2v) is 11.1. The van der Waals surface area contributed by atoms with Crippen LogP contribution in [0.3, 0.4) is 0 Å². The number of hydrogen-bond donors (Lipinski definition) is 1. The van der Waals surface area contributed by atoms with E-state index in [-0.39, 0.29) is 24.1 Å². The van der Waals surface area contributed by atoms with Crippen LogP contribution in [0.5, 0.6) is 17.2 Å². The molecule has 1 atom stereocenters. The molecule has 0 bridgehead atoms. The molecule has 2 heterocycles. The van der Waals surface area contributed by atoms with Crippen molar-refractivity contribution in [1.29, 1.82) is 0 Å². The van der Waals surface area contributed by atoms with E-state index in [1.165, 1.54) is 16.8 Å². The van der Waals surface area contributed by atoms with E-state index in [9.17, 15) is 9.59 Å². The molecule has 1 aromatic heterocycles. The topological polar surface area (TPSA) is 120 Å². The number of nitrogens with one attached hydrogen (secondary N) is 1. The molecule has 44 heavy (non-hydrogen) atoms. The minimum Gasteiger partial charge on any atom is -0.497 e. The van der Waals surface area contributed by atoms with Crippen LogP contribution in [0.4, 0.5) is 0 Å². The van der Waals surface area contributed by atoms with Gasteiger partial charge >= 0.3 is 0 Å². The van der Waals surface area contributed by atoms with Gasteiger partial charge in [-0.05, 0) is 55.0 Å². The third-order valence-corrected chi connectivity index (χ3v) is 8.32. The van der Waals surface area contributed by atoms with Crippen molar-refractivity contribution in [3.8, 4) is 17.2 Å². The van der Waals surface area contributed by atoms with E-state index in [1.54, 1.807) is 39.0 Å². The fourth-order valence-electron chi connectivity index (χ4n) is 4.98. The van der Waals surface area contributed by atoms with Gasteiger partial charge in [-0.2, -0.15) is 5.10 Å². The minimum atomic E-state index is -0.405. The van der Waals surface area contributed by atoms with Gasteiger partial charge in [-0.1, -0.05) is 41.6 Å². The predicted octanol–water partition coefficient (Wildman–Crippen LogP) is 4.55. The van der Waals surface area contributed by atoms with Crippen LogP contribution in [0.1, 0.15) is 45.3 Å². The number of thioether (sulfide) groups is 1. The van der Waals surface area contributed by atoms with E-state index in [1.807, 2.05) is 67.6 Å². The van der Waals surface area contributed by atoms with Crippen molar-refractivity contribution in [1.82, 2.24) is 25.1 Å². The Labute approximate surface area is 260 Å². The van der Waals surface area contributed by atoms with Gasteiger partial charge in [0.2, 0.25) is 0 Å². The molecular formula is C32H34N6O5S. The van der Waals surface area contributed by atoms with Crippen molar-refractivity contribution in [3.63, 3.8) is 0 Å². The molecule has 1 N–H and O–H groups in total. The Kier molecular flexibility index (Phi) is 9.49. The summed E-state index contributed by atoms with van der Waals surface area (Å²) in [4.78, 5) is 26.3. The van der Waals surface area contributed by atoms with Crippen LogP contribution in [0.2, 0.25) is 0 Å². The van der Waals surface area contributed by atoms with Crippen LogP contribution in [-0.4, -0.2) is 64.4 Å². The van der Waals surface area contributed by atoms with Crippen LogP contribution < -0.4 is 19.5 Å². The summed E-state index contributed by atoms with van der Waals surface area (Å²) >= 11 is 1.26. The number of aromatic nitrogens is 3. The molecule has 0 aliphatic carbocycles. The van der Waals surface area contributed by atoms with Gasteiger partial charge in [-0.25, -0.2) is 5.01 Å². The highest BCUT2D eigenvalue weighted by Gasteiger charge is 2.35. The summed E-state index contributed by atoms with van der Waals surface area (Å²) in [6.45, 7) is 2.14. The number of hydrazone groups is 1. The fourth-order valence-corrected chi connectivity index (χ4v) is 5.76. The Morgan fingerprint density at radius 3 is 2.45 bits per heavy atom. The monoisotopic (exact) mass is 614 g/mol. The third-order valence-electron chi connectivity index (χ3n) is 7.32.